The van der Waals surface area contributed by atoms with Gasteiger partial charge in [-0.3, -0.25) is 9.59 Å². The highest BCUT2D eigenvalue weighted by molar-refractivity contribution is 5.91. The summed E-state index contributed by atoms with van der Waals surface area (Å²) in [4.78, 5) is 22.3. The average molecular weight is 274 g/mol. The Hall–Kier alpha value is -2.70. The monoisotopic (exact) mass is 274 g/mol. The van der Waals surface area contributed by atoms with Crippen molar-refractivity contribution in [3.8, 4) is 0 Å². The molecule has 2 aromatic rings. The van der Waals surface area contributed by atoms with E-state index in [-0.39, 0.29) is 24.7 Å². The second-order valence-corrected chi connectivity index (χ2v) is 4.41. The third-order valence-electron chi connectivity index (χ3n) is 2.55. The van der Waals surface area contributed by atoms with Crippen LogP contribution in [0.25, 0.3) is 0 Å². The van der Waals surface area contributed by atoms with E-state index in [4.69, 9.17) is 5.11 Å². The lowest BCUT2D eigenvalue weighted by atomic mass is 10.1. The number of carbonyl (C=O) groups excluding carboxylic acids is 1. The maximum Gasteiger partial charge on any atom is 0.325 e. The first-order valence-electron chi connectivity index (χ1n) is 6.00. The SMILES string of the molecule is Cc1cccc(CC(=O)Nc2cn(CC(=O)O)nn2)c1. The van der Waals surface area contributed by atoms with Crippen molar-refractivity contribution in [3.63, 3.8) is 0 Å². The van der Waals surface area contributed by atoms with Crippen molar-refractivity contribution >= 4 is 17.7 Å². The molecule has 0 radical (unpaired) electrons. The van der Waals surface area contributed by atoms with Gasteiger partial charge in [0.1, 0.15) is 6.54 Å². The predicted molar refractivity (Wildman–Crippen MR) is 71.2 cm³/mol. The molecule has 7 heteroatoms. The standard InChI is InChI=1S/C13H14N4O3/c1-9-3-2-4-10(5-9)6-12(18)14-11-7-17(16-15-11)8-13(19)20/h2-5,7H,6,8H2,1H3,(H,14,18)(H,19,20). The summed E-state index contributed by atoms with van der Waals surface area (Å²) < 4.78 is 1.14. The zero-order valence-corrected chi connectivity index (χ0v) is 10.9. The molecule has 0 aliphatic carbocycles. The van der Waals surface area contributed by atoms with Crippen LogP contribution >= 0.6 is 0 Å². The number of anilines is 1. The molecule has 1 amide bonds. The smallest absolute Gasteiger partial charge is 0.325 e. The zero-order chi connectivity index (χ0) is 14.5. The minimum atomic E-state index is -1.02. The molecule has 7 nitrogen and oxygen atoms in total. The number of carboxylic acid groups (broad SMARTS) is 1. The summed E-state index contributed by atoms with van der Waals surface area (Å²) in [5.41, 5.74) is 1.99. The number of aryl methyl sites for hydroxylation is 1. The fourth-order valence-electron chi connectivity index (χ4n) is 1.77. The maximum atomic E-state index is 11.8. The molecule has 104 valence electrons. The fourth-order valence-corrected chi connectivity index (χ4v) is 1.77. The van der Waals surface area contributed by atoms with Gasteiger partial charge in [0.2, 0.25) is 5.91 Å². The Kier molecular flexibility index (Phi) is 4.09. The molecule has 0 aliphatic heterocycles. The largest absolute Gasteiger partial charge is 0.480 e. The van der Waals surface area contributed by atoms with E-state index in [2.05, 4.69) is 15.6 Å². The van der Waals surface area contributed by atoms with E-state index < -0.39 is 5.97 Å². The lowest BCUT2D eigenvalue weighted by Crippen LogP contribution is -2.14. The van der Waals surface area contributed by atoms with Crippen molar-refractivity contribution in [1.29, 1.82) is 0 Å². The van der Waals surface area contributed by atoms with Gasteiger partial charge in [0.25, 0.3) is 0 Å². The molecule has 20 heavy (non-hydrogen) atoms. The average Bonchev–Trinajstić information content (AvgIpc) is 2.75. The van der Waals surface area contributed by atoms with Crippen LogP contribution in [-0.4, -0.2) is 32.0 Å². The van der Waals surface area contributed by atoms with E-state index in [1.165, 1.54) is 6.20 Å². The minimum Gasteiger partial charge on any atom is -0.480 e. The van der Waals surface area contributed by atoms with Crippen LogP contribution in [-0.2, 0) is 22.6 Å². The Balaban J connectivity index is 1.94. The van der Waals surface area contributed by atoms with Crippen molar-refractivity contribution in [2.24, 2.45) is 0 Å². The van der Waals surface area contributed by atoms with Gasteiger partial charge in [-0.15, -0.1) is 5.10 Å². The first kappa shape index (κ1) is 13.7. The molecule has 0 saturated carbocycles. The number of carbonyl (C=O) groups is 2. The maximum absolute atomic E-state index is 11.8. The van der Waals surface area contributed by atoms with E-state index in [1.807, 2.05) is 31.2 Å². The van der Waals surface area contributed by atoms with E-state index in [0.717, 1.165) is 15.8 Å². The number of amides is 1. The summed E-state index contributed by atoms with van der Waals surface area (Å²) in [6, 6.07) is 7.65. The molecule has 0 atom stereocenters. The number of carboxylic acids is 1. The van der Waals surface area contributed by atoms with Crippen molar-refractivity contribution in [2.45, 2.75) is 19.9 Å². The first-order valence-corrected chi connectivity index (χ1v) is 6.00. The van der Waals surface area contributed by atoms with Gasteiger partial charge in [-0.25, -0.2) is 4.68 Å². The summed E-state index contributed by atoms with van der Waals surface area (Å²) in [6.07, 6.45) is 1.61. The zero-order valence-electron chi connectivity index (χ0n) is 10.9. The molecular weight excluding hydrogens is 260 g/mol. The van der Waals surface area contributed by atoms with Gasteiger partial charge in [-0.2, -0.15) is 0 Å². The van der Waals surface area contributed by atoms with E-state index in [0.29, 0.717) is 0 Å². The Morgan fingerprint density at radius 2 is 2.20 bits per heavy atom. The Labute approximate surface area is 115 Å². The summed E-state index contributed by atoms with van der Waals surface area (Å²) in [6.45, 7) is 1.67. The number of aromatic nitrogens is 3. The Morgan fingerprint density at radius 1 is 1.40 bits per heavy atom. The molecule has 0 fully saturated rings. The number of hydrogen-bond donors (Lipinski definition) is 2. The highest BCUT2D eigenvalue weighted by atomic mass is 16.4. The molecular formula is C13H14N4O3. The van der Waals surface area contributed by atoms with E-state index in [9.17, 15) is 9.59 Å². The number of benzene rings is 1. The number of nitrogens with one attached hydrogen (secondary N) is 1. The Bertz CT molecular complexity index is 636. The fraction of sp³-hybridized carbons (Fsp3) is 0.231. The third kappa shape index (κ3) is 3.91. The van der Waals surface area contributed by atoms with E-state index in [1.54, 1.807) is 0 Å². The minimum absolute atomic E-state index is 0.224. The van der Waals surface area contributed by atoms with Gasteiger partial charge >= 0.3 is 5.97 Å². The molecule has 2 N–H and O–H groups in total. The first-order chi connectivity index (χ1) is 9.52. The van der Waals surface area contributed by atoms with Crippen LogP contribution in [0.15, 0.2) is 30.5 Å². The van der Waals surface area contributed by atoms with Crippen molar-refractivity contribution in [2.75, 3.05) is 5.32 Å². The second-order valence-electron chi connectivity index (χ2n) is 4.41. The Morgan fingerprint density at radius 3 is 2.90 bits per heavy atom. The molecule has 0 aliphatic rings. The van der Waals surface area contributed by atoms with Gasteiger partial charge in [0.05, 0.1) is 12.6 Å². The van der Waals surface area contributed by atoms with Crippen LogP contribution in [0.3, 0.4) is 0 Å². The topological polar surface area (TPSA) is 97.1 Å². The molecule has 0 unspecified atom stereocenters. The van der Waals surface area contributed by atoms with Crippen LogP contribution < -0.4 is 5.32 Å². The number of hydrogen-bond acceptors (Lipinski definition) is 4. The van der Waals surface area contributed by atoms with Gasteiger partial charge < -0.3 is 10.4 Å². The van der Waals surface area contributed by atoms with Crippen LogP contribution in [0.5, 0.6) is 0 Å². The number of aliphatic carboxylic acids is 1. The van der Waals surface area contributed by atoms with Crippen LogP contribution in [0.4, 0.5) is 5.82 Å². The lowest BCUT2D eigenvalue weighted by molar-refractivity contribution is -0.137. The summed E-state index contributed by atoms with van der Waals surface area (Å²) >= 11 is 0. The van der Waals surface area contributed by atoms with E-state index >= 15 is 0 Å². The predicted octanol–water partition coefficient (Wildman–Crippen LogP) is 0.852. The molecule has 0 bridgehead atoms. The normalized spacial score (nSPS) is 10.2. The number of nitrogens with zero attached hydrogens (tertiary/aromatic N) is 3. The van der Waals surface area contributed by atoms with Gasteiger partial charge in [-0.05, 0) is 12.5 Å². The van der Waals surface area contributed by atoms with Crippen molar-refractivity contribution < 1.29 is 14.7 Å². The number of rotatable bonds is 5. The lowest BCUT2D eigenvalue weighted by Gasteiger charge is -2.02. The molecule has 0 saturated heterocycles. The van der Waals surface area contributed by atoms with Gasteiger partial charge in [0, 0.05) is 0 Å². The molecule has 1 aromatic heterocycles. The summed E-state index contributed by atoms with van der Waals surface area (Å²) in [7, 11) is 0. The van der Waals surface area contributed by atoms with Crippen molar-refractivity contribution in [1.82, 2.24) is 15.0 Å². The molecule has 2 rings (SSSR count). The van der Waals surface area contributed by atoms with Crippen LogP contribution in [0.2, 0.25) is 0 Å². The van der Waals surface area contributed by atoms with Gasteiger partial charge in [-0.1, -0.05) is 35.0 Å². The van der Waals surface area contributed by atoms with Crippen LogP contribution in [0.1, 0.15) is 11.1 Å². The molecule has 0 spiro atoms. The summed E-state index contributed by atoms with van der Waals surface area (Å²) in [5, 5.41) is 18.5. The second kappa shape index (κ2) is 5.96. The van der Waals surface area contributed by atoms with Gasteiger partial charge in [0.15, 0.2) is 5.82 Å². The van der Waals surface area contributed by atoms with Crippen LogP contribution in [0, 0.1) is 6.92 Å². The van der Waals surface area contributed by atoms with Crippen molar-refractivity contribution in [3.05, 3.63) is 41.6 Å². The highest BCUT2D eigenvalue weighted by Gasteiger charge is 2.08. The third-order valence-corrected chi connectivity index (χ3v) is 2.55. The molecule has 1 aromatic carbocycles. The summed E-state index contributed by atoms with van der Waals surface area (Å²) in [5.74, 6) is -1.01. The quantitative estimate of drug-likeness (QED) is 0.842. The molecule has 1 heterocycles. The highest BCUT2D eigenvalue weighted by Crippen LogP contribution is 2.06.